The van der Waals surface area contributed by atoms with Gasteiger partial charge in [-0.05, 0) is 12.8 Å². The molecule has 1 fully saturated rings. The molecule has 140 valence electrons. The molecule has 26 heavy (non-hydrogen) atoms. The number of ether oxygens (including phenoxy) is 1. The summed E-state index contributed by atoms with van der Waals surface area (Å²) in [5.41, 5.74) is 1.83. The second-order valence-electron chi connectivity index (χ2n) is 6.32. The van der Waals surface area contributed by atoms with Gasteiger partial charge in [-0.25, -0.2) is 9.97 Å². The highest BCUT2D eigenvalue weighted by Crippen LogP contribution is 2.24. The van der Waals surface area contributed by atoms with Crippen LogP contribution in [0.15, 0.2) is 23.3 Å². The Morgan fingerprint density at radius 2 is 2.35 bits per heavy atom. The van der Waals surface area contributed by atoms with Crippen LogP contribution in [0.1, 0.15) is 24.6 Å². The third-order valence-corrected chi connectivity index (χ3v) is 4.72. The van der Waals surface area contributed by atoms with E-state index in [1.54, 1.807) is 18.2 Å². The van der Waals surface area contributed by atoms with Crippen LogP contribution in [0.25, 0.3) is 0 Å². The van der Waals surface area contributed by atoms with Crippen LogP contribution in [-0.2, 0) is 22.5 Å². The van der Waals surface area contributed by atoms with E-state index in [4.69, 9.17) is 20.9 Å². The van der Waals surface area contributed by atoms with E-state index < -0.39 is 0 Å². The maximum absolute atomic E-state index is 12.7. The van der Waals surface area contributed by atoms with E-state index in [9.17, 15) is 4.79 Å². The molecule has 3 heterocycles. The van der Waals surface area contributed by atoms with Gasteiger partial charge >= 0.3 is 0 Å². The molecule has 1 N–H and O–H groups in total. The summed E-state index contributed by atoms with van der Waals surface area (Å²) >= 11 is 6.02. The van der Waals surface area contributed by atoms with Gasteiger partial charge in [0.25, 0.3) is 0 Å². The van der Waals surface area contributed by atoms with Gasteiger partial charge in [0.15, 0.2) is 0 Å². The number of nitrogens with one attached hydrogen (secondary N) is 1. The largest absolute Gasteiger partial charge is 0.376 e. The van der Waals surface area contributed by atoms with Crippen molar-refractivity contribution in [2.75, 3.05) is 25.5 Å². The number of carbonyl (C=O) groups is 1. The van der Waals surface area contributed by atoms with Crippen molar-refractivity contribution >= 4 is 23.3 Å². The quantitative estimate of drug-likeness (QED) is 0.787. The van der Waals surface area contributed by atoms with Gasteiger partial charge in [0.2, 0.25) is 5.91 Å². The number of nitrogens with zero attached hydrogens (tertiary/aromatic N) is 4. The molecule has 8 nitrogen and oxygen atoms in total. The molecule has 2 aromatic heterocycles. The second kappa shape index (κ2) is 8.46. The number of hydrogen-bond donors (Lipinski definition) is 1. The molecule has 1 aliphatic heterocycles. The van der Waals surface area contributed by atoms with Crippen molar-refractivity contribution in [2.45, 2.75) is 32.4 Å². The molecule has 0 spiro atoms. The zero-order chi connectivity index (χ0) is 18.5. The minimum Gasteiger partial charge on any atom is -0.376 e. The van der Waals surface area contributed by atoms with E-state index in [0.29, 0.717) is 37.0 Å². The summed E-state index contributed by atoms with van der Waals surface area (Å²) in [6.45, 7) is 3.45. The topological polar surface area (TPSA) is 93.4 Å². The highest BCUT2D eigenvalue weighted by molar-refractivity contribution is 6.32. The monoisotopic (exact) mass is 379 g/mol. The molecule has 1 saturated heterocycles. The van der Waals surface area contributed by atoms with Gasteiger partial charge < -0.3 is 19.5 Å². The fourth-order valence-electron chi connectivity index (χ4n) is 3.02. The van der Waals surface area contributed by atoms with Crippen LogP contribution in [0.3, 0.4) is 0 Å². The fraction of sp³-hybridized carbons (Fsp3) is 0.529. The van der Waals surface area contributed by atoms with Crippen molar-refractivity contribution in [1.29, 1.82) is 0 Å². The highest BCUT2D eigenvalue weighted by Gasteiger charge is 2.32. The van der Waals surface area contributed by atoms with E-state index >= 15 is 0 Å². The third kappa shape index (κ3) is 4.31. The lowest BCUT2D eigenvalue weighted by Gasteiger charge is -2.20. The van der Waals surface area contributed by atoms with Crippen molar-refractivity contribution in [3.63, 3.8) is 0 Å². The highest BCUT2D eigenvalue weighted by atomic mass is 35.5. The first-order valence-corrected chi connectivity index (χ1v) is 8.94. The molecule has 3 rings (SSSR count). The van der Waals surface area contributed by atoms with Crippen LogP contribution in [0, 0.1) is 5.92 Å². The third-order valence-electron chi connectivity index (χ3n) is 4.44. The Kier molecular flexibility index (Phi) is 6.05. The first-order valence-electron chi connectivity index (χ1n) is 8.56. The Bertz CT molecular complexity index is 754. The van der Waals surface area contributed by atoms with Gasteiger partial charge in [-0.15, -0.1) is 0 Å². The molecule has 1 aliphatic rings. The van der Waals surface area contributed by atoms with Gasteiger partial charge in [0.1, 0.15) is 23.4 Å². The van der Waals surface area contributed by atoms with Crippen molar-refractivity contribution in [3.8, 4) is 0 Å². The Morgan fingerprint density at radius 3 is 3.12 bits per heavy atom. The van der Waals surface area contributed by atoms with Crippen LogP contribution in [-0.4, -0.2) is 52.2 Å². The molecule has 0 saturated carbocycles. The van der Waals surface area contributed by atoms with Gasteiger partial charge in [-0.2, -0.15) is 0 Å². The summed E-state index contributed by atoms with van der Waals surface area (Å²) in [6, 6.07) is 0. The number of amides is 1. The summed E-state index contributed by atoms with van der Waals surface area (Å²) < 4.78 is 10.8. The summed E-state index contributed by atoms with van der Waals surface area (Å²) in [5, 5.41) is 7.55. The standard InChI is InChI=1S/C17H22ClN5O3/c1-3-15-12(9-26-22-15)7-23(2)17(24)11-4-13(25-8-11)5-20-16-14(18)6-19-10-21-16/h6,9-11,13H,3-5,7-8H2,1-2H3,(H,19,20,21)/t11-,13-/m0/s1. The Balaban J connectivity index is 1.50. The van der Waals surface area contributed by atoms with Crippen LogP contribution in [0.4, 0.5) is 5.82 Å². The first-order chi connectivity index (χ1) is 12.6. The smallest absolute Gasteiger partial charge is 0.228 e. The Morgan fingerprint density at radius 1 is 1.50 bits per heavy atom. The molecule has 0 radical (unpaired) electrons. The van der Waals surface area contributed by atoms with Gasteiger partial charge in [0, 0.05) is 19.2 Å². The molecule has 1 amide bonds. The molecular weight excluding hydrogens is 358 g/mol. The number of aryl methyl sites for hydroxylation is 1. The lowest BCUT2D eigenvalue weighted by molar-refractivity contribution is -0.134. The van der Waals surface area contributed by atoms with E-state index in [0.717, 1.165) is 17.7 Å². The van der Waals surface area contributed by atoms with Crippen LogP contribution in [0.5, 0.6) is 0 Å². The first kappa shape index (κ1) is 18.6. The van der Waals surface area contributed by atoms with Crippen molar-refractivity contribution in [3.05, 3.63) is 35.1 Å². The Hall–Kier alpha value is -2.19. The summed E-state index contributed by atoms with van der Waals surface area (Å²) in [5.74, 6) is 0.477. The van der Waals surface area contributed by atoms with E-state index in [1.165, 1.54) is 12.5 Å². The zero-order valence-corrected chi connectivity index (χ0v) is 15.6. The maximum Gasteiger partial charge on any atom is 0.228 e. The average Bonchev–Trinajstić information content (AvgIpc) is 3.29. The normalized spacial score (nSPS) is 19.5. The van der Waals surface area contributed by atoms with Gasteiger partial charge in [0.05, 0.1) is 37.1 Å². The van der Waals surface area contributed by atoms with Crippen molar-refractivity contribution in [1.82, 2.24) is 20.0 Å². The molecule has 0 unspecified atom stereocenters. The van der Waals surface area contributed by atoms with Crippen LogP contribution < -0.4 is 5.32 Å². The molecular formula is C17H22ClN5O3. The maximum atomic E-state index is 12.7. The number of hydrogen-bond acceptors (Lipinski definition) is 7. The Labute approximate surface area is 156 Å². The minimum atomic E-state index is -0.155. The molecule has 2 atom stereocenters. The van der Waals surface area contributed by atoms with Crippen LogP contribution in [0.2, 0.25) is 5.02 Å². The second-order valence-corrected chi connectivity index (χ2v) is 6.73. The van der Waals surface area contributed by atoms with Crippen LogP contribution >= 0.6 is 11.6 Å². The fourth-order valence-corrected chi connectivity index (χ4v) is 3.19. The molecule has 9 heteroatoms. The SMILES string of the molecule is CCc1nocc1CN(C)C(=O)[C@@H]1CO[C@H](CNc2ncncc2Cl)C1. The predicted molar refractivity (Wildman–Crippen MR) is 95.7 cm³/mol. The number of aromatic nitrogens is 3. The number of carbonyl (C=O) groups excluding carboxylic acids is 1. The van der Waals surface area contributed by atoms with E-state index in [-0.39, 0.29) is 17.9 Å². The average molecular weight is 380 g/mol. The molecule has 2 aromatic rings. The predicted octanol–water partition coefficient (Wildman–Crippen LogP) is 2.16. The van der Waals surface area contributed by atoms with Gasteiger partial charge in [-0.3, -0.25) is 4.79 Å². The van der Waals surface area contributed by atoms with Gasteiger partial charge in [-0.1, -0.05) is 23.7 Å². The van der Waals surface area contributed by atoms with E-state index in [2.05, 4.69) is 20.4 Å². The minimum absolute atomic E-state index is 0.0647. The van der Waals surface area contributed by atoms with Crippen molar-refractivity contribution in [2.24, 2.45) is 5.92 Å². The molecule has 0 aromatic carbocycles. The number of rotatable bonds is 7. The van der Waals surface area contributed by atoms with Crippen molar-refractivity contribution < 1.29 is 14.1 Å². The number of halogens is 1. The number of anilines is 1. The summed E-state index contributed by atoms with van der Waals surface area (Å²) in [7, 11) is 1.79. The summed E-state index contributed by atoms with van der Waals surface area (Å²) in [6.07, 6.45) is 5.93. The summed E-state index contributed by atoms with van der Waals surface area (Å²) in [4.78, 5) is 22.3. The zero-order valence-electron chi connectivity index (χ0n) is 14.8. The lowest BCUT2D eigenvalue weighted by Crippen LogP contribution is -2.33. The molecule has 0 aliphatic carbocycles. The lowest BCUT2D eigenvalue weighted by atomic mass is 10.0. The van der Waals surface area contributed by atoms with E-state index in [1.807, 2.05) is 6.92 Å². The molecule has 0 bridgehead atoms.